The van der Waals surface area contributed by atoms with Crippen molar-refractivity contribution in [2.24, 2.45) is 11.7 Å². The fourth-order valence-corrected chi connectivity index (χ4v) is 3.27. The molecule has 5 nitrogen and oxygen atoms in total. The average molecular weight is 360 g/mol. The van der Waals surface area contributed by atoms with Gasteiger partial charge in [0, 0.05) is 23.8 Å². The predicted octanol–water partition coefficient (Wildman–Crippen LogP) is 3.12. The molecule has 1 aliphatic rings. The number of hydrogen-bond acceptors (Lipinski definition) is 4. The highest BCUT2D eigenvalue weighted by molar-refractivity contribution is 6.30. The van der Waals surface area contributed by atoms with E-state index in [-0.39, 0.29) is 5.69 Å². The molecule has 1 aromatic carbocycles. The van der Waals surface area contributed by atoms with E-state index in [1.54, 1.807) is 18.3 Å². The first-order chi connectivity index (χ1) is 12.1. The Morgan fingerprint density at radius 2 is 2.08 bits per heavy atom. The first-order valence-electron chi connectivity index (χ1n) is 8.45. The molecule has 1 aromatic heterocycles. The number of carbonyl (C=O) groups is 1. The Hall–Kier alpha value is -2.11. The van der Waals surface area contributed by atoms with Crippen LogP contribution in [-0.2, 0) is 6.54 Å². The number of nitrogens with zero attached hydrogens (tertiary/aromatic N) is 2. The number of amides is 1. The molecule has 25 heavy (non-hydrogen) atoms. The molecule has 0 radical (unpaired) electrons. The number of halogens is 1. The molecule has 3 rings (SSSR count). The van der Waals surface area contributed by atoms with Crippen molar-refractivity contribution in [3.05, 3.63) is 58.9 Å². The second-order valence-corrected chi connectivity index (χ2v) is 6.84. The number of ether oxygens (including phenoxy) is 1. The smallest absolute Gasteiger partial charge is 0.267 e. The number of primary amides is 1. The summed E-state index contributed by atoms with van der Waals surface area (Å²) in [4.78, 5) is 17.5. The van der Waals surface area contributed by atoms with Gasteiger partial charge in [0.15, 0.2) is 0 Å². The van der Waals surface area contributed by atoms with Gasteiger partial charge in [0.1, 0.15) is 11.4 Å². The minimum atomic E-state index is -0.542. The number of rotatable bonds is 6. The molecule has 1 aliphatic heterocycles. The zero-order valence-electron chi connectivity index (χ0n) is 14.0. The molecule has 0 unspecified atom stereocenters. The monoisotopic (exact) mass is 359 g/mol. The fourth-order valence-electron chi connectivity index (χ4n) is 3.05. The highest BCUT2D eigenvalue weighted by atomic mass is 35.5. The fraction of sp³-hybridized carbons (Fsp3) is 0.368. The summed E-state index contributed by atoms with van der Waals surface area (Å²) in [5, 5.41) is 0.786. The Morgan fingerprint density at radius 3 is 2.80 bits per heavy atom. The number of nitrogens with two attached hydrogens (primary N) is 1. The minimum absolute atomic E-state index is 0.230. The lowest BCUT2D eigenvalue weighted by molar-refractivity contribution is 0.0994. The van der Waals surface area contributed by atoms with Gasteiger partial charge in [-0.25, -0.2) is 0 Å². The lowest BCUT2D eigenvalue weighted by atomic mass is 9.97. The van der Waals surface area contributed by atoms with Crippen LogP contribution >= 0.6 is 11.6 Å². The molecule has 1 amide bonds. The van der Waals surface area contributed by atoms with Gasteiger partial charge < -0.3 is 10.5 Å². The van der Waals surface area contributed by atoms with Crippen molar-refractivity contribution in [1.29, 1.82) is 0 Å². The summed E-state index contributed by atoms with van der Waals surface area (Å²) in [5.74, 6) is 0.616. The van der Waals surface area contributed by atoms with E-state index in [0.717, 1.165) is 37.5 Å². The molecule has 132 valence electrons. The maximum atomic E-state index is 11.2. The van der Waals surface area contributed by atoms with Crippen molar-refractivity contribution in [2.75, 3.05) is 19.7 Å². The molecule has 6 heteroatoms. The zero-order valence-corrected chi connectivity index (χ0v) is 14.8. The Morgan fingerprint density at radius 1 is 1.28 bits per heavy atom. The summed E-state index contributed by atoms with van der Waals surface area (Å²) < 4.78 is 5.82. The lowest BCUT2D eigenvalue weighted by Gasteiger charge is -2.31. The molecular weight excluding hydrogens is 338 g/mol. The highest BCUT2D eigenvalue weighted by Gasteiger charge is 2.20. The van der Waals surface area contributed by atoms with E-state index in [1.165, 1.54) is 5.56 Å². The van der Waals surface area contributed by atoms with Gasteiger partial charge in [-0.15, -0.1) is 0 Å². The number of piperidine rings is 1. The standard InChI is InChI=1S/C19H22ClN3O2/c20-16-3-1-2-15(10-16)12-23-8-5-14(6-9-23)13-25-17-4-7-22-18(11-17)19(21)24/h1-4,7,10-11,14H,5-6,8-9,12-13H2,(H2,21,24). The van der Waals surface area contributed by atoms with E-state index < -0.39 is 5.91 Å². The van der Waals surface area contributed by atoms with E-state index in [1.807, 2.05) is 18.2 Å². The molecule has 0 aliphatic carbocycles. The van der Waals surface area contributed by atoms with Crippen molar-refractivity contribution in [3.63, 3.8) is 0 Å². The van der Waals surface area contributed by atoms with Crippen molar-refractivity contribution in [3.8, 4) is 5.75 Å². The molecular formula is C19H22ClN3O2. The number of carbonyl (C=O) groups excluding carboxylic acids is 1. The van der Waals surface area contributed by atoms with Crippen LogP contribution in [0.15, 0.2) is 42.6 Å². The largest absolute Gasteiger partial charge is 0.493 e. The van der Waals surface area contributed by atoms with Crippen LogP contribution in [0.5, 0.6) is 5.75 Å². The molecule has 2 aromatic rings. The first-order valence-corrected chi connectivity index (χ1v) is 8.83. The predicted molar refractivity (Wildman–Crippen MR) is 97.7 cm³/mol. The summed E-state index contributed by atoms with van der Waals surface area (Å²) in [5.41, 5.74) is 6.72. The van der Waals surface area contributed by atoms with Crippen molar-refractivity contribution in [2.45, 2.75) is 19.4 Å². The van der Waals surface area contributed by atoms with Gasteiger partial charge in [-0.3, -0.25) is 14.7 Å². The molecule has 1 fully saturated rings. The number of hydrogen-bond donors (Lipinski definition) is 1. The van der Waals surface area contributed by atoms with Crippen molar-refractivity contribution >= 4 is 17.5 Å². The molecule has 0 atom stereocenters. The Kier molecular flexibility index (Phi) is 5.89. The quantitative estimate of drug-likeness (QED) is 0.860. The SMILES string of the molecule is NC(=O)c1cc(OCC2CCN(Cc3cccc(Cl)c3)CC2)ccn1. The van der Waals surface area contributed by atoms with Crippen LogP contribution in [0, 0.1) is 5.92 Å². The van der Waals surface area contributed by atoms with Crippen LogP contribution in [-0.4, -0.2) is 35.5 Å². The van der Waals surface area contributed by atoms with E-state index in [9.17, 15) is 4.79 Å². The van der Waals surface area contributed by atoms with Gasteiger partial charge in [-0.1, -0.05) is 23.7 Å². The van der Waals surface area contributed by atoms with Gasteiger partial charge >= 0.3 is 0 Å². The molecule has 0 spiro atoms. The van der Waals surface area contributed by atoms with Crippen molar-refractivity contribution in [1.82, 2.24) is 9.88 Å². The molecule has 0 saturated carbocycles. The van der Waals surface area contributed by atoms with Crippen LogP contribution in [0.25, 0.3) is 0 Å². The third-order valence-electron chi connectivity index (χ3n) is 4.47. The van der Waals surface area contributed by atoms with E-state index in [2.05, 4.69) is 16.0 Å². The summed E-state index contributed by atoms with van der Waals surface area (Å²) in [6.45, 7) is 3.67. The number of likely N-dealkylation sites (tertiary alicyclic amines) is 1. The molecule has 0 bridgehead atoms. The second kappa shape index (κ2) is 8.32. The van der Waals surface area contributed by atoms with Gasteiger partial charge in [-0.05, 0) is 55.6 Å². The van der Waals surface area contributed by atoms with Crippen LogP contribution in [0.2, 0.25) is 5.02 Å². The summed E-state index contributed by atoms with van der Waals surface area (Å²) in [6, 6.07) is 11.4. The third-order valence-corrected chi connectivity index (χ3v) is 4.71. The molecule has 2 heterocycles. The summed E-state index contributed by atoms with van der Waals surface area (Å²) in [7, 11) is 0. The van der Waals surface area contributed by atoms with Crippen LogP contribution < -0.4 is 10.5 Å². The topological polar surface area (TPSA) is 68.5 Å². The maximum absolute atomic E-state index is 11.2. The maximum Gasteiger partial charge on any atom is 0.267 e. The van der Waals surface area contributed by atoms with E-state index in [0.29, 0.717) is 18.3 Å². The second-order valence-electron chi connectivity index (χ2n) is 6.40. The van der Waals surface area contributed by atoms with Crippen LogP contribution in [0.1, 0.15) is 28.9 Å². The van der Waals surface area contributed by atoms with Gasteiger partial charge in [0.25, 0.3) is 5.91 Å². The third kappa shape index (κ3) is 5.18. The van der Waals surface area contributed by atoms with E-state index >= 15 is 0 Å². The van der Waals surface area contributed by atoms with Gasteiger partial charge in [0.2, 0.25) is 0 Å². The minimum Gasteiger partial charge on any atom is -0.493 e. The number of pyridine rings is 1. The lowest BCUT2D eigenvalue weighted by Crippen LogP contribution is -2.35. The Labute approximate surface area is 152 Å². The number of aromatic nitrogens is 1. The Balaban J connectivity index is 1.45. The van der Waals surface area contributed by atoms with Crippen LogP contribution in [0.3, 0.4) is 0 Å². The van der Waals surface area contributed by atoms with E-state index in [4.69, 9.17) is 22.1 Å². The van der Waals surface area contributed by atoms with Gasteiger partial charge in [-0.2, -0.15) is 0 Å². The number of benzene rings is 1. The van der Waals surface area contributed by atoms with Crippen LogP contribution in [0.4, 0.5) is 0 Å². The molecule has 2 N–H and O–H groups in total. The normalized spacial score (nSPS) is 15.9. The summed E-state index contributed by atoms with van der Waals surface area (Å²) in [6.07, 6.45) is 3.73. The summed E-state index contributed by atoms with van der Waals surface area (Å²) >= 11 is 6.05. The molecule has 1 saturated heterocycles. The highest BCUT2D eigenvalue weighted by Crippen LogP contribution is 2.21. The Bertz CT molecular complexity index is 730. The first kappa shape index (κ1) is 17.7. The van der Waals surface area contributed by atoms with Gasteiger partial charge in [0.05, 0.1) is 6.61 Å². The zero-order chi connectivity index (χ0) is 17.6. The van der Waals surface area contributed by atoms with Crippen molar-refractivity contribution < 1.29 is 9.53 Å². The average Bonchev–Trinajstić information content (AvgIpc) is 2.61.